The first-order chi connectivity index (χ1) is 4.81. The van der Waals surface area contributed by atoms with Gasteiger partial charge in [0.25, 0.3) is 0 Å². The van der Waals surface area contributed by atoms with Gasteiger partial charge in [-0.15, -0.1) is 6.58 Å². The Morgan fingerprint density at radius 1 is 1.45 bits per heavy atom. The van der Waals surface area contributed by atoms with Gasteiger partial charge in [0.2, 0.25) is 0 Å². The summed E-state index contributed by atoms with van der Waals surface area (Å²) in [6.45, 7) is 4.03. The van der Waals surface area contributed by atoms with Gasteiger partial charge in [0.15, 0.2) is 5.60 Å². The second kappa shape index (κ2) is 3.26. The Morgan fingerprint density at radius 3 is 2.18 bits per heavy atom. The average molecular weight is 168 g/mol. The molecule has 0 aromatic rings. The van der Waals surface area contributed by atoms with Gasteiger partial charge in [-0.2, -0.15) is 13.2 Å². The minimum Gasteiger partial charge on any atom is -0.381 e. The van der Waals surface area contributed by atoms with Crippen molar-refractivity contribution in [2.45, 2.75) is 31.5 Å². The van der Waals surface area contributed by atoms with Crippen LogP contribution in [0.5, 0.6) is 0 Å². The fraction of sp³-hybridized carbons (Fsp3) is 0.714. The van der Waals surface area contributed by atoms with Gasteiger partial charge in [-0.25, -0.2) is 0 Å². The zero-order valence-corrected chi connectivity index (χ0v) is 6.28. The molecule has 4 heteroatoms. The summed E-state index contributed by atoms with van der Waals surface area (Å²) in [5.74, 6) is 0. The van der Waals surface area contributed by atoms with E-state index in [1.807, 2.05) is 0 Å². The first kappa shape index (κ1) is 10.5. The topological polar surface area (TPSA) is 20.2 Å². The number of hydrogen-bond donors (Lipinski definition) is 1. The fourth-order valence-corrected chi connectivity index (χ4v) is 0.525. The van der Waals surface area contributed by atoms with E-state index in [0.717, 1.165) is 6.92 Å². The Bertz CT molecular complexity index is 137. The summed E-state index contributed by atoms with van der Waals surface area (Å²) in [5, 5.41) is 8.81. The summed E-state index contributed by atoms with van der Waals surface area (Å²) in [5.41, 5.74) is -2.58. The summed E-state index contributed by atoms with van der Waals surface area (Å²) in [6, 6.07) is 0. The smallest absolute Gasteiger partial charge is 0.381 e. The second-order valence-electron chi connectivity index (χ2n) is 2.60. The number of aliphatic hydroxyl groups is 1. The normalized spacial score (nSPS) is 17.5. The summed E-state index contributed by atoms with van der Waals surface area (Å²) in [6.07, 6.45) is -3.37. The van der Waals surface area contributed by atoms with E-state index < -0.39 is 11.8 Å². The van der Waals surface area contributed by atoms with E-state index in [1.54, 1.807) is 0 Å². The SMILES string of the molecule is C=CCCC(C)(O)C(F)(F)F. The van der Waals surface area contributed by atoms with Crippen LogP contribution in [0.1, 0.15) is 19.8 Å². The molecular formula is C7H11F3O. The second-order valence-corrected chi connectivity index (χ2v) is 2.60. The lowest BCUT2D eigenvalue weighted by Crippen LogP contribution is -2.41. The van der Waals surface area contributed by atoms with Gasteiger partial charge in [0, 0.05) is 0 Å². The van der Waals surface area contributed by atoms with Gasteiger partial charge in [-0.05, 0) is 19.8 Å². The summed E-state index contributed by atoms with van der Waals surface area (Å²) in [4.78, 5) is 0. The van der Waals surface area contributed by atoms with Crippen LogP contribution in [0.4, 0.5) is 13.2 Å². The van der Waals surface area contributed by atoms with Crippen LogP contribution < -0.4 is 0 Å². The van der Waals surface area contributed by atoms with Crippen molar-refractivity contribution < 1.29 is 18.3 Å². The molecule has 0 spiro atoms. The maximum atomic E-state index is 11.9. The first-order valence-corrected chi connectivity index (χ1v) is 3.21. The largest absolute Gasteiger partial charge is 0.416 e. The zero-order chi connectivity index (χ0) is 9.12. The van der Waals surface area contributed by atoms with Crippen LogP contribution in [-0.2, 0) is 0 Å². The third-order valence-corrected chi connectivity index (χ3v) is 1.45. The Balaban J connectivity index is 4.10. The van der Waals surface area contributed by atoms with Crippen molar-refractivity contribution >= 4 is 0 Å². The molecule has 0 radical (unpaired) electrons. The van der Waals surface area contributed by atoms with Gasteiger partial charge in [-0.3, -0.25) is 0 Å². The highest BCUT2D eigenvalue weighted by Crippen LogP contribution is 2.33. The molecule has 0 aromatic heterocycles. The summed E-state index contributed by atoms with van der Waals surface area (Å²) in [7, 11) is 0. The van der Waals surface area contributed by atoms with Gasteiger partial charge in [0.05, 0.1) is 0 Å². The molecule has 0 rings (SSSR count). The molecule has 0 saturated carbocycles. The molecule has 1 nitrogen and oxygen atoms in total. The molecule has 1 atom stereocenters. The molecule has 0 aliphatic rings. The number of alkyl halides is 3. The highest BCUT2D eigenvalue weighted by Gasteiger charge is 2.48. The minimum absolute atomic E-state index is 0.159. The predicted molar refractivity (Wildman–Crippen MR) is 36.1 cm³/mol. The van der Waals surface area contributed by atoms with Crippen molar-refractivity contribution in [2.75, 3.05) is 0 Å². The van der Waals surface area contributed by atoms with Crippen molar-refractivity contribution in [2.24, 2.45) is 0 Å². The Labute approximate surface area is 63.5 Å². The zero-order valence-electron chi connectivity index (χ0n) is 6.28. The van der Waals surface area contributed by atoms with Crippen LogP contribution in [0.25, 0.3) is 0 Å². The summed E-state index contributed by atoms with van der Waals surface area (Å²) < 4.78 is 35.6. The molecule has 0 aromatic carbocycles. The number of hydrogen-bond acceptors (Lipinski definition) is 1. The molecule has 1 N–H and O–H groups in total. The van der Waals surface area contributed by atoms with Crippen LogP contribution >= 0.6 is 0 Å². The lowest BCUT2D eigenvalue weighted by atomic mass is 10.00. The van der Waals surface area contributed by atoms with Crippen LogP contribution in [-0.4, -0.2) is 16.9 Å². The van der Waals surface area contributed by atoms with Crippen LogP contribution in [0.15, 0.2) is 12.7 Å². The first-order valence-electron chi connectivity index (χ1n) is 3.21. The Kier molecular flexibility index (Phi) is 3.11. The van der Waals surface area contributed by atoms with E-state index in [0.29, 0.717) is 0 Å². The number of allylic oxidation sites excluding steroid dienone is 1. The maximum absolute atomic E-state index is 11.9. The summed E-state index contributed by atoms with van der Waals surface area (Å²) >= 11 is 0. The highest BCUT2D eigenvalue weighted by molar-refractivity contribution is 4.84. The van der Waals surface area contributed by atoms with Gasteiger partial charge in [-0.1, -0.05) is 6.08 Å². The highest BCUT2D eigenvalue weighted by atomic mass is 19.4. The lowest BCUT2D eigenvalue weighted by Gasteiger charge is -2.25. The van der Waals surface area contributed by atoms with Crippen LogP contribution in [0.2, 0.25) is 0 Å². The van der Waals surface area contributed by atoms with Gasteiger partial charge in [0.1, 0.15) is 0 Å². The van der Waals surface area contributed by atoms with E-state index in [4.69, 9.17) is 5.11 Å². The standard InChI is InChI=1S/C7H11F3O/c1-3-4-5-6(2,11)7(8,9)10/h3,11H,1,4-5H2,2H3. The van der Waals surface area contributed by atoms with Crippen molar-refractivity contribution in [3.8, 4) is 0 Å². The van der Waals surface area contributed by atoms with Crippen molar-refractivity contribution in [1.82, 2.24) is 0 Å². The Hall–Kier alpha value is -0.510. The molecule has 0 aliphatic heterocycles. The van der Waals surface area contributed by atoms with Crippen LogP contribution in [0, 0.1) is 0 Å². The molecule has 11 heavy (non-hydrogen) atoms. The van der Waals surface area contributed by atoms with Gasteiger partial charge < -0.3 is 5.11 Å². The van der Waals surface area contributed by atoms with Crippen LogP contribution in [0.3, 0.4) is 0 Å². The van der Waals surface area contributed by atoms with E-state index in [-0.39, 0.29) is 12.8 Å². The van der Waals surface area contributed by atoms with Crippen molar-refractivity contribution in [1.29, 1.82) is 0 Å². The van der Waals surface area contributed by atoms with E-state index in [1.165, 1.54) is 6.08 Å². The van der Waals surface area contributed by atoms with E-state index >= 15 is 0 Å². The fourth-order valence-electron chi connectivity index (χ4n) is 0.525. The molecule has 0 amide bonds. The predicted octanol–water partition coefficient (Wildman–Crippen LogP) is 2.27. The maximum Gasteiger partial charge on any atom is 0.416 e. The van der Waals surface area contributed by atoms with Crippen molar-refractivity contribution in [3.05, 3.63) is 12.7 Å². The molecule has 0 fully saturated rings. The molecule has 0 saturated heterocycles. The molecular weight excluding hydrogens is 157 g/mol. The van der Waals surface area contributed by atoms with E-state index in [2.05, 4.69) is 6.58 Å². The van der Waals surface area contributed by atoms with E-state index in [9.17, 15) is 13.2 Å². The molecule has 0 heterocycles. The molecule has 1 unspecified atom stereocenters. The molecule has 0 bridgehead atoms. The Morgan fingerprint density at radius 2 is 1.91 bits per heavy atom. The minimum atomic E-state index is -4.55. The quantitative estimate of drug-likeness (QED) is 0.641. The third kappa shape index (κ3) is 2.93. The monoisotopic (exact) mass is 168 g/mol. The third-order valence-electron chi connectivity index (χ3n) is 1.45. The average Bonchev–Trinajstić information content (AvgIpc) is 1.81. The number of halogens is 3. The number of rotatable bonds is 3. The molecule has 0 aliphatic carbocycles. The van der Waals surface area contributed by atoms with Gasteiger partial charge >= 0.3 is 6.18 Å². The lowest BCUT2D eigenvalue weighted by molar-refractivity contribution is -0.254. The molecule has 66 valence electrons. The van der Waals surface area contributed by atoms with Crippen molar-refractivity contribution in [3.63, 3.8) is 0 Å².